The fourth-order valence-electron chi connectivity index (χ4n) is 1.77. The molecule has 0 spiro atoms. The summed E-state index contributed by atoms with van der Waals surface area (Å²) in [6.07, 6.45) is 1.38. The standard InChI is InChI=1S/C10H16N2O3S2/c1-10(2-4-15-5-3-10)12-17(13,14)9-6-8(11)7-16-9/h6-7,12H,2-5,11H2,1H3. The predicted octanol–water partition coefficient (Wildman–Crippen LogP) is 1.18. The van der Waals surface area contributed by atoms with Crippen molar-refractivity contribution in [3.63, 3.8) is 0 Å². The number of nitrogens with one attached hydrogen (secondary N) is 1. The highest BCUT2D eigenvalue weighted by Gasteiger charge is 2.33. The van der Waals surface area contributed by atoms with Gasteiger partial charge in [0.25, 0.3) is 10.0 Å². The Hall–Kier alpha value is -0.630. The van der Waals surface area contributed by atoms with Gasteiger partial charge < -0.3 is 10.5 Å². The number of ether oxygens (including phenoxy) is 1. The Morgan fingerprint density at radius 2 is 2.12 bits per heavy atom. The highest BCUT2D eigenvalue weighted by Crippen LogP contribution is 2.26. The maximum Gasteiger partial charge on any atom is 0.250 e. The van der Waals surface area contributed by atoms with Gasteiger partial charge >= 0.3 is 0 Å². The number of rotatable bonds is 3. The zero-order chi connectivity index (χ0) is 12.5. The van der Waals surface area contributed by atoms with E-state index in [1.807, 2.05) is 6.92 Å². The van der Waals surface area contributed by atoms with Crippen LogP contribution in [0.1, 0.15) is 19.8 Å². The van der Waals surface area contributed by atoms with Gasteiger partial charge in [-0.1, -0.05) is 0 Å². The number of hydrogen-bond acceptors (Lipinski definition) is 5. The predicted molar refractivity (Wildman–Crippen MR) is 67.5 cm³/mol. The van der Waals surface area contributed by atoms with E-state index in [0.29, 0.717) is 31.7 Å². The largest absolute Gasteiger partial charge is 0.398 e. The van der Waals surface area contributed by atoms with Crippen molar-refractivity contribution < 1.29 is 13.2 Å². The second-order valence-electron chi connectivity index (χ2n) is 4.48. The summed E-state index contributed by atoms with van der Waals surface area (Å²) in [6.45, 7) is 3.08. The van der Waals surface area contributed by atoms with Crippen molar-refractivity contribution in [2.24, 2.45) is 0 Å². The highest BCUT2D eigenvalue weighted by atomic mass is 32.2. The third-order valence-electron chi connectivity index (χ3n) is 2.84. The van der Waals surface area contributed by atoms with Crippen molar-refractivity contribution >= 4 is 27.0 Å². The van der Waals surface area contributed by atoms with Gasteiger partial charge in [0.05, 0.1) is 0 Å². The van der Waals surface area contributed by atoms with Gasteiger partial charge in [-0.25, -0.2) is 13.1 Å². The highest BCUT2D eigenvalue weighted by molar-refractivity contribution is 7.91. The quantitative estimate of drug-likeness (QED) is 0.868. The molecule has 2 rings (SSSR count). The molecule has 0 saturated carbocycles. The third-order valence-corrected chi connectivity index (χ3v) is 5.93. The lowest BCUT2D eigenvalue weighted by Gasteiger charge is -2.33. The van der Waals surface area contributed by atoms with Crippen molar-refractivity contribution in [1.82, 2.24) is 4.72 Å². The number of sulfonamides is 1. The molecule has 0 bridgehead atoms. The van der Waals surface area contributed by atoms with E-state index in [4.69, 9.17) is 10.5 Å². The van der Waals surface area contributed by atoms with Crippen molar-refractivity contribution in [2.45, 2.75) is 29.5 Å². The molecule has 1 fully saturated rings. The number of thiophene rings is 1. The summed E-state index contributed by atoms with van der Waals surface area (Å²) in [7, 11) is -3.46. The van der Waals surface area contributed by atoms with Crippen molar-refractivity contribution in [3.8, 4) is 0 Å². The fourth-order valence-corrected chi connectivity index (χ4v) is 4.32. The third kappa shape index (κ3) is 2.98. The Bertz CT molecular complexity index is 489. The first-order valence-corrected chi connectivity index (χ1v) is 7.73. The van der Waals surface area contributed by atoms with Gasteiger partial charge in [0.15, 0.2) is 0 Å². The molecule has 1 aliphatic heterocycles. The Morgan fingerprint density at radius 3 is 2.65 bits per heavy atom. The van der Waals surface area contributed by atoms with E-state index in [9.17, 15) is 8.42 Å². The molecule has 0 radical (unpaired) electrons. The zero-order valence-corrected chi connectivity index (χ0v) is 11.2. The summed E-state index contributed by atoms with van der Waals surface area (Å²) < 4.78 is 32.5. The van der Waals surface area contributed by atoms with E-state index < -0.39 is 15.6 Å². The first-order valence-electron chi connectivity index (χ1n) is 5.37. The van der Waals surface area contributed by atoms with Crippen LogP contribution >= 0.6 is 11.3 Å². The van der Waals surface area contributed by atoms with Gasteiger partial charge in [-0.15, -0.1) is 11.3 Å². The molecule has 17 heavy (non-hydrogen) atoms. The number of nitrogen functional groups attached to an aromatic ring is 1. The van der Waals surface area contributed by atoms with Crippen LogP contribution in [0.3, 0.4) is 0 Å². The van der Waals surface area contributed by atoms with Crippen LogP contribution in [-0.4, -0.2) is 27.2 Å². The normalized spacial score (nSPS) is 20.3. The topological polar surface area (TPSA) is 81.4 Å². The first-order chi connectivity index (χ1) is 7.91. The van der Waals surface area contributed by atoms with Crippen molar-refractivity contribution in [3.05, 3.63) is 11.4 Å². The number of nitrogens with two attached hydrogens (primary N) is 1. The molecule has 0 amide bonds. The van der Waals surface area contributed by atoms with E-state index in [1.54, 1.807) is 5.38 Å². The fraction of sp³-hybridized carbons (Fsp3) is 0.600. The van der Waals surface area contributed by atoms with Gasteiger partial charge in [0, 0.05) is 29.8 Å². The summed E-state index contributed by atoms with van der Waals surface area (Å²) in [6, 6.07) is 1.48. The molecule has 7 heteroatoms. The van der Waals surface area contributed by atoms with Gasteiger partial charge in [-0.05, 0) is 25.8 Å². The lowest BCUT2D eigenvalue weighted by molar-refractivity contribution is 0.0538. The molecule has 3 N–H and O–H groups in total. The Labute approximate surface area is 105 Å². The number of anilines is 1. The SMILES string of the molecule is CC1(NS(=O)(=O)c2cc(N)cs2)CCOCC1. The Morgan fingerprint density at radius 1 is 1.47 bits per heavy atom. The molecule has 0 aromatic carbocycles. The molecule has 0 unspecified atom stereocenters. The second kappa shape index (κ2) is 4.56. The Kier molecular flexibility index (Phi) is 3.44. The van der Waals surface area contributed by atoms with Crippen molar-refractivity contribution in [1.29, 1.82) is 0 Å². The lowest BCUT2D eigenvalue weighted by atomic mass is 9.94. The average Bonchev–Trinajstić information content (AvgIpc) is 2.65. The van der Waals surface area contributed by atoms with E-state index in [-0.39, 0.29) is 4.21 Å². The van der Waals surface area contributed by atoms with Crippen LogP contribution in [0.25, 0.3) is 0 Å². The molecular weight excluding hydrogens is 260 g/mol. The summed E-state index contributed by atoms with van der Waals surface area (Å²) in [4.78, 5) is 0. The second-order valence-corrected chi connectivity index (χ2v) is 7.30. The first kappa shape index (κ1) is 12.8. The maximum absolute atomic E-state index is 12.1. The molecule has 0 aliphatic carbocycles. The molecule has 96 valence electrons. The minimum absolute atomic E-state index is 0.266. The molecule has 1 aromatic heterocycles. The summed E-state index contributed by atoms with van der Waals surface area (Å²) in [5.74, 6) is 0. The van der Waals surface area contributed by atoms with Crippen LogP contribution in [-0.2, 0) is 14.8 Å². The van der Waals surface area contributed by atoms with Gasteiger partial charge in [0.1, 0.15) is 4.21 Å². The molecule has 1 aliphatic rings. The molecule has 1 aromatic rings. The summed E-state index contributed by atoms with van der Waals surface area (Å²) in [5.41, 5.74) is 5.60. The monoisotopic (exact) mass is 276 g/mol. The molecule has 1 saturated heterocycles. The molecule has 2 heterocycles. The zero-order valence-electron chi connectivity index (χ0n) is 9.60. The smallest absolute Gasteiger partial charge is 0.250 e. The maximum atomic E-state index is 12.1. The van der Waals surface area contributed by atoms with Gasteiger partial charge in [0.2, 0.25) is 0 Å². The van der Waals surface area contributed by atoms with E-state index >= 15 is 0 Å². The number of hydrogen-bond donors (Lipinski definition) is 2. The minimum atomic E-state index is -3.46. The van der Waals surface area contributed by atoms with E-state index in [1.165, 1.54) is 6.07 Å². The lowest BCUT2D eigenvalue weighted by Crippen LogP contribution is -2.49. The van der Waals surface area contributed by atoms with Crippen LogP contribution < -0.4 is 10.5 Å². The average molecular weight is 276 g/mol. The van der Waals surface area contributed by atoms with Crippen LogP contribution in [0.5, 0.6) is 0 Å². The molecule has 5 nitrogen and oxygen atoms in total. The van der Waals surface area contributed by atoms with Crippen LogP contribution in [0.15, 0.2) is 15.7 Å². The molecular formula is C10H16N2O3S2. The van der Waals surface area contributed by atoms with Crippen molar-refractivity contribution in [2.75, 3.05) is 18.9 Å². The van der Waals surface area contributed by atoms with Crippen LogP contribution in [0.4, 0.5) is 5.69 Å². The molecule has 0 atom stereocenters. The van der Waals surface area contributed by atoms with Crippen LogP contribution in [0, 0.1) is 0 Å². The Balaban J connectivity index is 2.17. The summed E-state index contributed by atoms with van der Waals surface area (Å²) in [5, 5.41) is 1.63. The van der Waals surface area contributed by atoms with E-state index in [0.717, 1.165) is 11.3 Å². The van der Waals surface area contributed by atoms with Crippen LogP contribution in [0.2, 0.25) is 0 Å². The summed E-state index contributed by atoms with van der Waals surface area (Å²) >= 11 is 1.14. The minimum Gasteiger partial charge on any atom is -0.398 e. The van der Waals surface area contributed by atoms with Gasteiger partial charge in [-0.3, -0.25) is 0 Å². The van der Waals surface area contributed by atoms with Gasteiger partial charge in [-0.2, -0.15) is 0 Å². The van der Waals surface area contributed by atoms with E-state index in [2.05, 4.69) is 4.72 Å².